The van der Waals surface area contributed by atoms with Gasteiger partial charge in [0.1, 0.15) is 11.5 Å². The number of aromatic nitrogens is 1. The molecule has 1 aliphatic heterocycles. The number of Topliss-reactive ketones (excluding diaryl/α,β-unsaturated/α-hetero) is 1. The largest absolute Gasteiger partial charge is 0.306 e. The molecule has 0 amide bonds. The van der Waals surface area contributed by atoms with Crippen molar-refractivity contribution in [2.24, 2.45) is 5.41 Å². The lowest BCUT2D eigenvalue weighted by Gasteiger charge is -2.39. The molecule has 1 fully saturated rings. The molecule has 0 saturated carbocycles. The van der Waals surface area contributed by atoms with E-state index in [1.54, 1.807) is 18.2 Å². The van der Waals surface area contributed by atoms with Crippen molar-refractivity contribution in [1.82, 2.24) is 8.87 Å². The number of fused-ring (bicyclic) bond motifs is 1. The Morgan fingerprint density at radius 2 is 1.74 bits per heavy atom. The number of hydrogen-bond acceptors (Lipinski definition) is 4. The molecule has 7 heteroatoms. The van der Waals surface area contributed by atoms with Crippen LogP contribution >= 0.6 is 0 Å². The van der Waals surface area contributed by atoms with Gasteiger partial charge in [-0.1, -0.05) is 31.5 Å². The van der Waals surface area contributed by atoms with E-state index in [1.165, 1.54) is 36.4 Å². The number of carbonyl (C=O) groups excluding carboxylic acids is 1. The number of ketones is 1. The summed E-state index contributed by atoms with van der Waals surface area (Å²) < 4.78 is 42.3. The number of piperidine rings is 1. The Bertz CT molecular complexity index is 1210. The summed E-state index contributed by atoms with van der Waals surface area (Å²) in [6.45, 7) is 3.61. The van der Waals surface area contributed by atoms with Crippen LogP contribution in [0.4, 0.5) is 4.39 Å². The quantitative estimate of drug-likeness (QED) is 0.519. The normalized spacial score (nSPS) is 17.1. The average Bonchev–Trinajstić information content (AvgIpc) is 3.15. The number of carbonyl (C=O) groups is 1. The van der Waals surface area contributed by atoms with Gasteiger partial charge in [-0.05, 0) is 75.8 Å². The van der Waals surface area contributed by atoms with E-state index < -0.39 is 21.3 Å². The molecule has 4 rings (SSSR count). The molecule has 0 bridgehead atoms. The first kappa shape index (κ1) is 21.7. The molecule has 1 saturated heterocycles. The monoisotopic (exact) mass is 442 g/mol. The van der Waals surface area contributed by atoms with Crippen molar-refractivity contribution in [2.45, 2.75) is 37.5 Å². The summed E-state index contributed by atoms with van der Waals surface area (Å²) in [5.41, 5.74) is -0.186. The van der Waals surface area contributed by atoms with Crippen LogP contribution in [0, 0.1) is 11.2 Å². The van der Waals surface area contributed by atoms with Crippen LogP contribution in [0.15, 0.2) is 59.5 Å². The van der Waals surface area contributed by atoms with Gasteiger partial charge < -0.3 is 4.90 Å². The van der Waals surface area contributed by atoms with Gasteiger partial charge in [0.05, 0.1) is 10.4 Å². The highest BCUT2D eigenvalue weighted by atomic mass is 32.2. The number of halogens is 1. The van der Waals surface area contributed by atoms with Crippen molar-refractivity contribution in [3.8, 4) is 0 Å². The van der Waals surface area contributed by atoms with E-state index >= 15 is 0 Å². The first-order valence-electron chi connectivity index (χ1n) is 10.6. The maximum atomic E-state index is 14.0. The first-order chi connectivity index (χ1) is 14.8. The van der Waals surface area contributed by atoms with Crippen molar-refractivity contribution >= 4 is 26.7 Å². The number of hydrogen-bond donors (Lipinski definition) is 0. The number of benzene rings is 2. The van der Waals surface area contributed by atoms with Crippen LogP contribution < -0.4 is 0 Å². The molecule has 164 valence electrons. The molecule has 5 nitrogen and oxygen atoms in total. The van der Waals surface area contributed by atoms with Gasteiger partial charge in [0, 0.05) is 10.8 Å². The number of rotatable bonds is 6. The number of nitrogens with zero attached hydrogens (tertiary/aromatic N) is 2. The topological polar surface area (TPSA) is 59.4 Å². The van der Waals surface area contributed by atoms with Gasteiger partial charge in [-0.15, -0.1) is 0 Å². The van der Waals surface area contributed by atoms with Gasteiger partial charge in [0.25, 0.3) is 10.0 Å². The van der Waals surface area contributed by atoms with Crippen LogP contribution in [-0.4, -0.2) is 43.2 Å². The van der Waals surface area contributed by atoms with Crippen LogP contribution in [0.1, 0.15) is 43.1 Å². The lowest BCUT2D eigenvalue weighted by atomic mass is 9.71. The Kier molecular flexibility index (Phi) is 5.75. The molecule has 1 aliphatic rings. The Morgan fingerprint density at radius 1 is 1.06 bits per heavy atom. The van der Waals surface area contributed by atoms with Crippen molar-refractivity contribution in [1.29, 1.82) is 0 Å². The van der Waals surface area contributed by atoms with Crippen molar-refractivity contribution in [2.75, 3.05) is 20.1 Å². The lowest BCUT2D eigenvalue weighted by Crippen LogP contribution is -2.43. The predicted octanol–water partition coefficient (Wildman–Crippen LogP) is 4.71. The summed E-state index contributed by atoms with van der Waals surface area (Å²) in [6.07, 6.45) is 2.88. The Hall–Kier alpha value is -2.51. The fourth-order valence-electron chi connectivity index (χ4n) is 4.66. The van der Waals surface area contributed by atoms with E-state index in [1.807, 2.05) is 14.0 Å². The van der Waals surface area contributed by atoms with E-state index in [0.717, 1.165) is 23.5 Å². The summed E-state index contributed by atoms with van der Waals surface area (Å²) in [5.74, 6) is -0.637. The molecule has 0 unspecified atom stereocenters. The summed E-state index contributed by atoms with van der Waals surface area (Å²) in [5, 5.41) is 0.405. The fraction of sp³-hybridized carbons (Fsp3) is 0.375. The van der Waals surface area contributed by atoms with Gasteiger partial charge in [-0.25, -0.2) is 16.8 Å². The summed E-state index contributed by atoms with van der Waals surface area (Å²) >= 11 is 0. The summed E-state index contributed by atoms with van der Waals surface area (Å²) in [7, 11) is -2.01. The summed E-state index contributed by atoms with van der Waals surface area (Å²) in [6, 6.07) is 13.5. The minimum Gasteiger partial charge on any atom is -0.306 e. The Labute approximate surface area is 182 Å². The zero-order valence-electron chi connectivity index (χ0n) is 17.8. The maximum Gasteiger partial charge on any atom is 0.268 e. The molecular formula is C24H27FN2O3S. The van der Waals surface area contributed by atoms with E-state index in [4.69, 9.17) is 0 Å². The van der Waals surface area contributed by atoms with Gasteiger partial charge in [0.15, 0.2) is 5.78 Å². The van der Waals surface area contributed by atoms with Crippen LogP contribution in [0.3, 0.4) is 0 Å². The standard InChI is InChI=1S/C24H27FN2O3S/c1-3-11-24(12-14-26(2)15-13-24)23(28)22-17-18-16-19(25)9-10-21(18)27(22)31(29,30)20-7-5-4-6-8-20/h4-10,16-17H,3,11-15H2,1-2H3. The third-order valence-corrected chi connectivity index (χ3v) is 8.13. The Balaban J connectivity index is 1.94. The predicted molar refractivity (Wildman–Crippen MR) is 119 cm³/mol. The van der Waals surface area contributed by atoms with Crippen molar-refractivity contribution in [3.05, 3.63) is 66.1 Å². The third kappa shape index (κ3) is 3.81. The van der Waals surface area contributed by atoms with Gasteiger partial charge >= 0.3 is 0 Å². The number of likely N-dealkylation sites (tertiary alicyclic amines) is 1. The molecule has 0 aliphatic carbocycles. The zero-order valence-corrected chi connectivity index (χ0v) is 18.7. The molecule has 0 radical (unpaired) electrons. The lowest BCUT2D eigenvalue weighted by molar-refractivity contribution is 0.0594. The zero-order chi connectivity index (χ0) is 22.2. The first-order valence-corrected chi connectivity index (χ1v) is 12.1. The minimum absolute atomic E-state index is 0.0961. The van der Waals surface area contributed by atoms with Gasteiger partial charge in [-0.2, -0.15) is 0 Å². The van der Waals surface area contributed by atoms with E-state index in [9.17, 15) is 17.6 Å². The smallest absolute Gasteiger partial charge is 0.268 e. The third-order valence-electron chi connectivity index (χ3n) is 6.39. The molecule has 31 heavy (non-hydrogen) atoms. The highest BCUT2D eigenvalue weighted by Gasteiger charge is 2.42. The minimum atomic E-state index is -4.04. The van der Waals surface area contributed by atoms with Crippen LogP contribution in [0.2, 0.25) is 0 Å². The van der Waals surface area contributed by atoms with Crippen molar-refractivity contribution < 1.29 is 17.6 Å². The van der Waals surface area contributed by atoms with Gasteiger partial charge in [0.2, 0.25) is 0 Å². The van der Waals surface area contributed by atoms with Crippen LogP contribution in [0.5, 0.6) is 0 Å². The molecule has 0 atom stereocenters. The van der Waals surface area contributed by atoms with Crippen LogP contribution in [0.25, 0.3) is 10.9 Å². The second kappa shape index (κ2) is 8.20. The summed E-state index contributed by atoms with van der Waals surface area (Å²) in [4.78, 5) is 16.3. The van der Waals surface area contributed by atoms with E-state index in [0.29, 0.717) is 30.2 Å². The average molecular weight is 443 g/mol. The molecule has 2 aromatic carbocycles. The highest BCUT2D eigenvalue weighted by molar-refractivity contribution is 7.90. The second-order valence-electron chi connectivity index (χ2n) is 8.48. The molecule has 0 spiro atoms. The molecule has 1 aromatic heterocycles. The molecule has 3 aromatic rings. The van der Waals surface area contributed by atoms with Crippen LogP contribution in [-0.2, 0) is 10.0 Å². The Morgan fingerprint density at radius 3 is 2.39 bits per heavy atom. The maximum absolute atomic E-state index is 14.0. The fourth-order valence-corrected chi connectivity index (χ4v) is 6.20. The molecule has 2 heterocycles. The van der Waals surface area contributed by atoms with Crippen molar-refractivity contribution in [3.63, 3.8) is 0 Å². The SMILES string of the molecule is CCCC1(C(=O)c2cc3cc(F)ccc3n2S(=O)(=O)c2ccccc2)CCN(C)CC1. The second-order valence-corrected chi connectivity index (χ2v) is 10.3. The molecule has 0 N–H and O–H groups in total. The van der Waals surface area contributed by atoms with Gasteiger partial charge in [-0.3, -0.25) is 4.79 Å². The van der Waals surface area contributed by atoms with E-state index in [2.05, 4.69) is 4.90 Å². The highest BCUT2D eigenvalue weighted by Crippen LogP contribution is 2.41. The van der Waals surface area contributed by atoms with E-state index in [-0.39, 0.29) is 16.4 Å². The molecular weight excluding hydrogens is 415 g/mol.